The van der Waals surface area contributed by atoms with Gasteiger partial charge in [0.25, 0.3) is 0 Å². The lowest BCUT2D eigenvalue weighted by molar-refractivity contribution is -0.220. The highest BCUT2D eigenvalue weighted by atomic mass is 31.2. The lowest BCUT2D eigenvalue weighted by Gasteiger charge is -2.41. The third kappa shape index (κ3) is 18.5. The first-order valence-corrected chi connectivity index (χ1v) is 19.0. The van der Waals surface area contributed by atoms with Gasteiger partial charge >= 0.3 is 7.82 Å². The molecule has 0 aromatic rings. The van der Waals surface area contributed by atoms with E-state index in [-0.39, 0.29) is 6.42 Å². The number of unbranched alkanes of at least 4 members (excludes halogenated alkanes) is 10. The molecule has 48 heavy (non-hydrogen) atoms. The van der Waals surface area contributed by atoms with Crippen LogP contribution < -0.4 is 5.32 Å². The molecule has 0 heterocycles. The van der Waals surface area contributed by atoms with Crippen molar-refractivity contribution in [3.63, 3.8) is 0 Å². The Morgan fingerprint density at radius 2 is 1.27 bits per heavy atom. The molecule has 8 atom stereocenters. The van der Waals surface area contributed by atoms with Crippen LogP contribution in [0.4, 0.5) is 0 Å². The second-order valence-electron chi connectivity index (χ2n) is 12.6. The summed E-state index contributed by atoms with van der Waals surface area (Å²) in [4.78, 5) is 23.1. The van der Waals surface area contributed by atoms with Gasteiger partial charge in [-0.25, -0.2) is 4.57 Å². The number of hydrogen-bond donors (Lipinski definition) is 9. The van der Waals surface area contributed by atoms with E-state index in [2.05, 4.69) is 24.4 Å². The van der Waals surface area contributed by atoms with Crippen molar-refractivity contribution in [2.45, 2.75) is 165 Å². The number of phosphoric acid groups is 1. The Balaban J connectivity index is 2.74. The molecule has 8 unspecified atom stereocenters. The van der Waals surface area contributed by atoms with Crippen molar-refractivity contribution < 1.29 is 59.0 Å². The molecule has 1 amide bonds. The van der Waals surface area contributed by atoms with E-state index >= 15 is 0 Å². The molecular formula is C34H62NO12P. The third-order valence-electron chi connectivity index (χ3n) is 8.30. The Kier molecular flexibility index (Phi) is 23.6. The number of carbonyl (C=O) groups excluding carboxylic acids is 1. The predicted molar refractivity (Wildman–Crippen MR) is 183 cm³/mol. The largest absolute Gasteiger partial charge is 0.472 e. The molecule has 14 heteroatoms. The summed E-state index contributed by atoms with van der Waals surface area (Å²) in [5, 5.41) is 73.6. The van der Waals surface area contributed by atoms with Crippen LogP contribution in [0.3, 0.4) is 0 Å². The summed E-state index contributed by atoms with van der Waals surface area (Å²) in [7, 11) is -5.13. The highest BCUT2D eigenvalue weighted by Crippen LogP contribution is 2.47. The topological polar surface area (TPSA) is 226 Å². The first-order chi connectivity index (χ1) is 22.8. The van der Waals surface area contributed by atoms with Crippen LogP contribution in [0.25, 0.3) is 0 Å². The summed E-state index contributed by atoms with van der Waals surface area (Å²) >= 11 is 0. The van der Waals surface area contributed by atoms with E-state index in [1.807, 2.05) is 19.1 Å². The highest BCUT2D eigenvalue weighted by molar-refractivity contribution is 7.47. The van der Waals surface area contributed by atoms with E-state index in [1.165, 1.54) is 38.2 Å². The van der Waals surface area contributed by atoms with Gasteiger partial charge in [0.1, 0.15) is 36.6 Å². The van der Waals surface area contributed by atoms with Crippen molar-refractivity contribution in [2.24, 2.45) is 0 Å². The van der Waals surface area contributed by atoms with E-state index in [9.17, 15) is 50.0 Å². The van der Waals surface area contributed by atoms with Crippen LogP contribution in [0, 0.1) is 0 Å². The molecule has 9 N–H and O–H groups in total. The van der Waals surface area contributed by atoms with Crippen molar-refractivity contribution in [2.75, 3.05) is 6.61 Å². The summed E-state index contributed by atoms with van der Waals surface area (Å²) in [6.07, 6.45) is 10.3. The lowest BCUT2D eigenvalue weighted by Crippen LogP contribution is -2.64. The highest BCUT2D eigenvalue weighted by Gasteiger charge is 2.51. The monoisotopic (exact) mass is 707 g/mol. The van der Waals surface area contributed by atoms with Crippen LogP contribution in [0.1, 0.15) is 110 Å². The van der Waals surface area contributed by atoms with Crippen molar-refractivity contribution in [1.29, 1.82) is 0 Å². The van der Waals surface area contributed by atoms with Gasteiger partial charge in [0.2, 0.25) is 5.91 Å². The van der Waals surface area contributed by atoms with Crippen molar-refractivity contribution in [3.8, 4) is 0 Å². The number of nitrogens with one attached hydrogen (secondary N) is 1. The second-order valence-corrected chi connectivity index (χ2v) is 14.0. The SMILES string of the molecule is C/C=C/CC/C=C/CC/C=C/C(O)C(COP(=O)(O)OC1C(O)C(O)C(O)C(O)C1O)NC(=O)CC(O)CCCCCCCCCCC. The van der Waals surface area contributed by atoms with Crippen molar-refractivity contribution >= 4 is 13.7 Å². The Bertz CT molecular complexity index is 979. The normalized spacial score (nSPS) is 26.6. The maximum Gasteiger partial charge on any atom is 0.472 e. The molecule has 13 nitrogen and oxygen atoms in total. The average molecular weight is 708 g/mol. The van der Waals surface area contributed by atoms with E-state index < -0.39 is 75.2 Å². The molecule has 1 rings (SSSR count). The van der Waals surface area contributed by atoms with Crippen LogP contribution in [0.5, 0.6) is 0 Å². The van der Waals surface area contributed by atoms with E-state index in [4.69, 9.17) is 9.05 Å². The molecule has 1 fully saturated rings. The molecule has 280 valence electrons. The number of rotatable bonds is 26. The van der Waals surface area contributed by atoms with E-state index in [1.54, 1.807) is 6.08 Å². The maximum atomic E-state index is 12.8. The van der Waals surface area contributed by atoms with Gasteiger partial charge in [-0.1, -0.05) is 101 Å². The fourth-order valence-electron chi connectivity index (χ4n) is 5.34. The van der Waals surface area contributed by atoms with Crippen LogP contribution in [-0.2, 0) is 18.4 Å². The standard InChI is InChI=1S/C34H62NO12P/c1-3-5-7-9-11-13-15-17-19-21-25(36)23-28(38)35-26(27(37)22-20-18-16-14-12-10-8-6-4-2)24-46-48(44,45)47-34-32(42)30(40)29(39)31(41)33(34)43/h4,6,12,14,20,22,25-27,29-34,36-37,39-43H,3,5,7-11,13,15-19,21,23-24H2,1-2H3,(H,35,38)(H,44,45)/b6-4+,14-12+,22-20+. The minimum atomic E-state index is -5.13. The van der Waals surface area contributed by atoms with E-state index in [0.717, 1.165) is 38.5 Å². The van der Waals surface area contributed by atoms with Gasteiger partial charge < -0.3 is 46.0 Å². The lowest BCUT2D eigenvalue weighted by atomic mass is 9.85. The molecule has 0 aromatic carbocycles. The zero-order chi connectivity index (χ0) is 36.0. The van der Waals surface area contributed by atoms with Crippen molar-refractivity contribution in [3.05, 3.63) is 36.5 Å². The first-order valence-electron chi connectivity index (χ1n) is 17.5. The van der Waals surface area contributed by atoms with Gasteiger partial charge in [0, 0.05) is 0 Å². The number of allylic oxidation sites excluding steroid dienone is 5. The fourth-order valence-corrected chi connectivity index (χ4v) is 6.30. The number of hydrogen-bond acceptors (Lipinski definition) is 11. The Labute approximate surface area is 286 Å². The maximum absolute atomic E-state index is 12.8. The fraction of sp³-hybridized carbons (Fsp3) is 0.794. The van der Waals surface area contributed by atoms with Gasteiger partial charge in [0.15, 0.2) is 0 Å². The Morgan fingerprint density at radius 3 is 1.83 bits per heavy atom. The minimum absolute atomic E-state index is 0.256. The summed E-state index contributed by atoms with van der Waals surface area (Å²) in [5.74, 6) is -0.615. The predicted octanol–water partition coefficient (Wildman–Crippen LogP) is 3.07. The molecule has 0 aromatic heterocycles. The number of carbonyl (C=O) groups is 1. The third-order valence-corrected chi connectivity index (χ3v) is 9.29. The zero-order valence-electron chi connectivity index (χ0n) is 28.6. The summed E-state index contributed by atoms with van der Waals surface area (Å²) in [6.45, 7) is 3.39. The van der Waals surface area contributed by atoms with Crippen LogP contribution in [0.15, 0.2) is 36.5 Å². The Morgan fingerprint density at radius 1 is 0.771 bits per heavy atom. The zero-order valence-corrected chi connectivity index (χ0v) is 29.5. The van der Waals surface area contributed by atoms with Crippen LogP contribution in [-0.4, -0.2) is 108 Å². The first kappa shape index (κ1) is 44.5. The van der Waals surface area contributed by atoms with Crippen LogP contribution >= 0.6 is 7.82 Å². The molecule has 0 aliphatic heterocycles. The smallest absolute Gasteiger partial charge is 0.393 e. The summed E-state index contributed by atoms with van der Waals surface area (Å²) in [6, 6.07) is -1.26. The molecule has 1 saturated carbocycles. The quantitative estimate of drug-likeness (QED) is 0.0359. The minimum Gasteiger partial charge on any atom is -0.393 e. The molecule has 0 bridgehead atoms. The number of amides is 1. The van der Waals surface area contributed by atoms with Gasteiger partial charge in [0.05, 0.1) is 31.3 Å². The molecule has 0 saturated heterocycles. The van der Waals surface area contributed by atoms with E-state index in [0.29, 0.717) is 19.3 Å². The van der Waals surface area contributed by atoms with Crippen molar-refractivity contribution in [1.82, 2.24) is 5.32 Å². The summed E-state index contributed by atoms with van der Waals surface area (Å²) in [5.41, 5.74) is 0. The average Bonchev–Trinajstić information content (AvgIpc) is 3.05. The molecule has 0 radical (unpaired) electrons. The van der Waals surface area contributed by atoms with Gasteiger partial charge in [-0.2, -0.15) is 0 Å². The van der Waals surface area contributed by atoms with Gasteiger partial charge in [-0.3, -0.25) is 13.8 Å². The van der Waals surface area contributed by atoms with Crippen LogP contribution in [0.2, 0.25) is 0 Å². The number of phosphoric ester groups is 1. The number of aliphatic hydroxyl groups is 7. The summed E-state index contributed by atoms with van der Waals surface area (Å²) < 4.78 is 22.6. The second kappa shape index (κ2) is 25.5. The molecule has 1 aliphatic rings. The molecule has 1 aliphatic carbocycles. The Hall–Kier alpha value is -1.48. The molecule has 0 spiro atoms. The number of aliphatic hydroxyl groups excluding tert-OH is 7. The van der Waals surface area contributed by atoms with Gasteiger partial charge in [-0.15, -0.1) is 0 Å². The molecular weight excluding hydrogens is 645 g/mol. The van der Waals surface area contributed by atoms with Gasteiger partial charge in [-0.05, 0) is 39.0 Å².